The first kappa shape index (κ1) is 17.4. The summed E-state index contributed by atoms with van der Waals surface area (Å²) in [5, 5.41) is 5.69. The molecule has 1 aromatic carbocycles. The first-order chi connectivity index (χ1) is 11.8. The molecule has 0 spiro atoms. The average Bonchev–Trinajstić information content (AvgIpc) is 3.11. The van der Waals surface area contributed by atoms with E-state index in [2.05, 4.69) is 21.5 Å². The number of imidazole rings is 1. The van der Waals surface area contributed by atoms with E-state index in [0.29, 0.717) is 13.1 Å². The Morgan fingerprint density at radius 1 is 1.25 bits per heavy atom. The number of carbonyl (C=O) groups is 1. The number of carbonyl (C=O) groups excluding carboxylic acids is 1. The molecule has 0 saturated heterocycles. The van der Waals surface area contributed by atoms with Crippen LogP contribution in [0.2, 0.25) is 0 Å². The van der Waals surface area contributed by atoms with Gasteiger partial charge in [0.2, 0.25) is 0 Å². The normalized spacial score (nSPS) is 9.96. The van der Waals surface area contributed by atoms with Crippen molar-refractivity contribution in [3.05, 3.63) is 48.5 Å². The monoisotopic (exact) mass is 326 g/mol. The van der Waals surface area contributed by atoms with Gasteiger partial charge in [0.1, 0.15) is 12.4 Å². The highest BCUT2D eigenvalue weighted by Crippen LogP contribution is 2.12. The van der Waals surface area contributed by atoms with Gasteiger partial charge in [-0.3, -0.25) is 0 Å². The Morgan fingerprint density at radius 2 is 2.04 bits per heavy atom. The SMILES string of the molecule is C#CCOc1ccc(CCNC(=O)NCCCn2ccnc2)cc1. The molecule has 0 unspecified atom stereocenters. The average molecular weight is 326 g/mol. The first-order valence-corrected chi connectivity index (χ1v) is 7.90. The second-order valence-electron chi connectivity index (χ2n) is 5.22. The number of aromatic nitrogens is 2. The number of aryl methyl sites for hydroxylation is 1. The van der Waals surface area contributed by atoms with Gasteiger partial charge in [0.25, 0.3) is 0 Å². The standard InChI is InChI=1S/C18H22N4O2/c1-2-14-24-17-6-4-16(5-7-17)8-10-21-18(23)20-9-3-12-22-13-11-19-15-22/h1,4-7,11,13,15H,3,8-10,12,14H2,(H2,20,21,23). The Kier molecular flexibility index (Phi) is 7.22. The van der Waals surface area contributed by atoms with Gasteiger partial charge in [0.15, 0.2) is 0 Å². The van der Waals surface area contributed by atoms with Crippen LogP contribution in [0.3, 0.4) is 0 Å². The fourth-order valence-corrected chi connectivity index (χ4v) is 2.14. The van der Waals surface area contributed by atoms with Crippen molar-refractivity contribution >= 4 is 6.03 Å². The number of hydrogen-bond donors (Lipinski definition) is 2. The number of nitrogens with zero attached hydrogens (tertiary/aromatic N) is 2. The molecule has 0 bridgehead atoms. The maximum Gasteiger partial charge on any atom is 0.314 e. The smallest absolute Gasteiger partial charge is 0.314 e. The minimum atomic E-state index is -0.144. The summed E-state index contributed by atoms with van der Waals surface area (Å²) in [6.07, 6.45) is 12.2. The van der Waals surface area contributed by atoms with Crippen molar-refractivity contribution in [3.8, 4) is 18.1 Å². The predicted molar refractivity (Wildman–Crippen MR) is 92.7 cm³/mol. The van der Waals surface area contributed by atoms with Gasteiger partial charge in [-0.2, -0.15) is 0 Å². The lowest BCUT2D eigenvalue weighted by Gasteiger charge is -2.08. The summed E-state index contributed by atoms with van der Waals surface area (Å²) in [5.41, 5.74) is 1.13. The maximum absolute atomic E-state index is 11.7. The van der Waals surface area contributed by atoms with E-state index in [9.17, 15) is 4.79 Å². The van der Waals surface area contributed by atoms with Crippen molar-refractivity contribution in [1.29, 1.82) is 0 Å². The zero-order valence-corrected chi connectivity index (χ0v) is 13.6. The van der Waals surface area contributed by atoms with Crippen LogP contribution >= 0.6 is 0 Å². The summed E-state index contributed by atoms with van der Waals surface area (Å²) in [6, 6.07) is 7.55. The van der Waals surface area contributed by atoms with Gasteiger partial charge in [-0.25, -0.2) is 9.78 Å². The molecule has 0 aliphatic rings. The molecule has 0 aliphatic heterocycles. The minimum absolute atomic E-state index is 0.144. The quantitative estimate of drug-likeness (QED) is 0.546. The summed E-state index contributed by atoms with van der Waals surface area (Å²) in [6.45, 7) is 2.32. The Morgan fingerprint density at radius 3 is 2.75 bits per heavy atom. The largest absolute Gasteiger partial charge is 0.481 e. The topological polar surface area (TPSA) is 68.2 Å². The van der Waals surface area contributed by atoms with Crippen LogP contribution < -0.4 is 15.4 Å². The summed E-state index contributed by atoms with van der Waals surface area (Å²) in [4.78, 5) is 15.7. The fourth-order valence-electron chi connectivity index (χ4n) is 2.14. The highest BCUT2D eigenvalue weighted by atomic mass is 16.5. The summed E-state index contributed by atoms with van der Waals surface area (Å²) in [5.74, 6) is 3.18. The molecule has 2 aromatic rings. The van der Waals surface area contributed by atoms with Crippen LogP contribution in [-0.2, 0) is 13.0 Å². The third-order valence-corrected chi connectivity index (χ3v) is 3.38. The Bertz CT molecular complexity index is 645. The van der Waals surface area contributed by atoms with Gasteiger partial charge in [-0.1, -0.05) is 18.1 Å². The van der Waals surface area contributed by atoms with Gasteiger partial charge in [0.05, 0.1) is 6.33 Å². The van der Waals surface area contributed by atoms with Crippen LogP contribution in [0.15, 0.2) is 43.0 Å². The number of amides is 2. The Balaban J connectivity index is 1.56. The lowest BCUT2D eigenvalue weighted by molar-refractivity contribution is 0.240. The molecule has 1 heterocycles. The van der Waals surface area contributed by atoms with Crippen molar-refractivity contribution < 1.29 is 9.53 Å². The van der Waals surface area contributed by atoms with E-state index in [1.54, 1.807) is 12.5 Å². The van der Waals surface area contributed by atoms with Crippen LogP contribution in [-0.4, -0.2) is 35.3 Å². The first-order valence-electron chi connectivity index (χ1n) is 7.90. The van der Waals surface area contributed by atoms with E-state index in [-0.39, 0.29) is 12.6 Å². The molecule has 2 rings (SSSR count). The van der Waals surface area contributed by atoms with Crippen molar-refractivity contribution in [1.82, 2.24) is 20.2 Å². The molecule has 0 fully saturated rings. The van der Waals surface area contributed by atoms with Crippen LogP contribution in [0.5, 0.6) is 5.75 Å². The van der Waals surface area contributed by atoms with E-state index in [4.69, 9.17) is 11.2 Å². The summed E-state index contributed by atoms with van der Waals surface area (Å²) < 4.78 is 7.30. The van der Waals surface area contributed by atoms with Crippen LogP contribution in [0, 0.1) is 12.3 Å². The van der Waals surface area contributed by atoms with Gasteiger partial charge in [0, 0.05) is 32.0 Å². The third kappa shape index (κ3) is 6.44. The molecule has 24 heavy (non-hydrogen) atoms. The molecule has 126 valence electrons. The van der Waals surface area contributed by atoms with E-state index in [0.717, 1.165) is 30.7 Å². The molecule has 0 aliphatic carbocycles. The van der Waals surface area contributed by atoms with Gasteiger partial charge >= 0.3 is 6.03 Å². The van der Waals surface area contributed by atoms with E-state index in [1.165, 1.54) is 0 Å². The zero-order valence-electron chi connectivity index (χ0n) is 13.6. The number of benzene rings is 1. The van der Waals surface area contributed by atoms with Gasteiger partial charge in [-0.15, -0.1) is 6.42 Å². The molecule has 2 N–H and O–H groups in total. The second kappa shape index (κ2) is 9.95. The van der Waals surface area contributed by atoms with Gasteiger partial charge < -0.3 is 19.9 Å². The maximum atomic E-state index is 11.7. The molecule has 0 saturated carbocycles. The third-order valence-electron chi connectivity index (χ3n) is 3.38. The number of urea groups is 1. The van der Waals surface area contributed by atoms with Crippen LogP contribution in [0.1, 0.15) is 12.0 Å². The number of rotatable bonds is 9. The van der Waals surface area contributed by atoms with Crippen LogP contribution in [0.25, 0.3) is 0 Å². The number of hydrogen-bond acceptors (Lipinski definition) is 3. The zero-order chi connectivity index (χ0) is 17.0. The van der Waals surface area contributed by atoms with Crippen LogP contribution in [0.4, 0.5) is 4.79 Å². The predicted octanol–water partition coefficient (Wildman–Crippen LogP) is 1.83. The molecule has 2 amide bonds. The molecule has 0 radical (unpaired) electrons. The van der Waals surface area contributed by atoms with Crippen molar-refractivity contribution in [2.75, 3.05) is 19.7 Å². The number of nitrogens with one attached hydrogen (secondary N) is 2. The molecule has 1 aromatic heterocycles. The molecular formula is C18H22N4O2. The van der Waals surface area contributed by atoms with E-state index < -0.39 is 0 Å². The van der Waals surface area contributed by atoms with E-state index in [1.807, 2.05) is 35.0 Å². The molecule has 6 nitrogen and oxygen atoms in total. The highest BCUT2D eigenvalue weighted by Gasteiger charge is 2.00. The molecular weight excluding hydrogens is 304 g/mol. The van der Waals surface area contributed by atoms with Crippen molar-refractivity contribution in [2.45, 2.75) is 19.4 Å². The second-order valence-corrected chi connectivity index (χ2v) is 5.22. The Labute approximate surface area is 142 Å². The van der Waals surface area contributed by atoms with Crippen molar-refractivity contribution in [3.63, 3.8) is 0 Å². The number of terminal acetylenes is 1. The summed E-state index contributed by atoms with van der Waals surface area (Å²) >= 11 is 0. The lowest BCUT2D eigenvalue weighted by Crippen LogP contribution is -2.37. The molecule has 6 heteroatoms. The lowest BCUT2D eigenvalue weighted by atomic mass is 10.1. The number of ether oxygens (including phenoxy) is 1. The van der Waals surface area contributed by atoms with Gasteiger partial charge in [-0.05, 0) is 30.5 Å². The van der Waals surface area contributed by atoms with Crippen molar-refractivity contribution in [2.24, 2.45) is 0 Å². The minimum Gasteiger partial charge on any atom is -0.481 e. The fraction of sp³-hybridized carbons (Fsp3) is 0.333. The molecule has 0 atom stereocenters. The van der Waals surface area contributed by atoms with E-state index >= 15 is 0 Å². The summed E-state index contributed by atoms with van der Waals surface area (Å²) in [7, 11) is 0. The highest BCUT2D eigenvalue weighted by molar-refractivity contribution is 5.73. The Hall–Kier alpha value is -2.94.